The molecule has 1 fully saturated rings. The van der Waals surface area contributed by atoms with E-state index in [4.69, 9.17) is 0 Å². The molecular formula is C8H12N4O2. The van der Waals surface area contributed by atoms with Crippen LogP contribution in [0.5, 0.6) is 0 Å². The Kier molecular flexibility index (Phi) is 2.45. The molecule has 0 saturated carbocycles. The molecule has 6 heteroatoms. The van der Waals surface area contributed by atoms with Gasteiger partial charge in [0.15, 0.2) is 0 Å². The van der Waals surface area contributed by atoms with Crippen molar-refractivity contribution in [1.29, 1.82) is 0 Å². The molecule has 1 aliphatic heterocycles. The van der Waals surface area contributed by atoms with Gasteiger partial charge in [0.1, 0.15) is 6.04 Å². The van der Waals surface area contributed by atoms with Gasteiger partial charge in [0.25, 0.3) is 0 Å². The first-order valence-electron chi connectivity index (χ1n) is 4.48. The highest BCUT2D eigenvalue weighted by molar-refractivity contribution is 5.76. The molecule has 2 atom stereocenters. The van der Waals surface area contributed by atoms with E-state index in [0.29, 0.717) is 13.0 Å². The molecule has 0 unspecified atom stereocenters. The summed E-state index contributed by atoms with van der Waals surface area (Å²) in [5.41, 5.74) is 0. The number of rotatable bonds is 2. The first kappa shape index (κ1) is 9.14. The summed E-state index contributed by atoms with van der Waals surface area (Å²) >= 11 is 0. The van der Waals surface area contributed by atoms with Gasteiger partial charge < -0.3 is 10.1 Å². The fourth-order valence-electron chi connectivity index (χ4n) is 1.63. The third-order valence-corrected chi connectivity index (χ3v) is 2.36. The van der Waals surface area contributed by atoms with Crippen molar-refractivity contribution in [1.82, 2.24) is 20.3 Å². The van der Waals surface area contributed by atoms with Crippen molar-refractivity contribution in [3.63, 3.8) is 0 Å². The first-order valence-corrected chi connectivity index (χ1v) is 4.48. The zero-order valence-electron chi connectivity index (χ0n) is 7.88. The molecular weight excluding hydrogens is 184 g/mol. The Bertz CT molecular complexity index is 311. The van der Waals surface area contributed by atoms with Crippen LogP contribution in [0.15, 0.2) is 12.4 Å². The average molecular weight is 196 g/mol. The molecule has 1 N–H and O–H groups in total. The van der Waals surface area contributed by atoms with E-state index in [1.54, 1.807) is 17.2 Å². The van der Waals surface area contributed by atoms with Crippen LogP contribution in [-0.4, -0.2) is 40.7 Å². The van der Waals surface area contributed by atoms with Gasteiger partial charge in [-0.15, -0.1) is 0 Å². The van der Waals surface area contributed by atoms with Crippen LogP contribution in [0.3, 0.4) is 0 Å². The van der Waals surface area contributed by atoms with Crippen LogP contribution in [0.25, 0.3) is 0 Å². The minimum Gasteiger partial charge on any atom is -0.468 e. The van der Waals surface area contributed by atoms with Gasteiger partial charge in [-0.2, -0.15) is 15.0 Å². The number of hydrogen-bond acceptors (Lipinski definition) is 5. The van der Waals surface area contributed by atoms with Gasteiger partial charge in [0.05, 0.1) is 25.5 Å². The molecule has 0 aromatic carbocycles. The number of nitrogens with one attached hydrogen (secondary N) is 1. The van der Waals surface area contributed by atoms with Crippen LogP contribution < -0.4 is 5.32 Å². The smallest absolute Gasteiger partial charge is 0.322 e. The van der Waals surface area contributed by atoms with Gasteiger partial charge >= 0.3 is 5.97 Å². The van der Waals surface area contributed by atoms with Crippen LogP contribution in [0.1, 0.15) is 12.5 Å². The Morgan fingerprint density at radius 3 is 2.93 bits per heavy atom. The molecule has 0 aliphatic carbocycles. The highest BCUT2D eigenvalue weighted by atomic mass is 16.5. The number of carbonyl (C=O) groups excluding carboxylic acids is 1. The van der Waals surface area contributed by atoms with Crippen molar-refractivity contribution in [3.8, 4) is 0 Å². The first-order chi connectivity index (χ1) is 6.81. The average Bonchev–Trinajstić information content (AvgIpc) is 2.86. The summed E-state index contributed by atoms with van der Waals surface area (Å²) in [5.74, 6) is -0.223. The Morgan fingerprint density at radius 2 is 2.29 bits per heavy atom. The Labute approximate surface area is 81.2 Å². The van der Waals surface area contributed by atoms with Crippen LogP contribution in [0.4, 0.5) is 0 Å². The predicted molar refractivity (Wildman–Crippen MR) is 47.5 cm³/mol. The Hall–Kier alpha value is -1.43. The van der Waals surface area contributed by atoms with E-state index in [0.717, 1.165) is 0 Å². The van der Waals surface area contributed by atoms with Gasteiger partial charge in [0.2, 0.25) is 0 Å². The lowest BCUT2D eigenvalue weighted by Crippen LogP contribution is -2.31. The van der Waals surface area contributed by atoms with E-state index in [1.165, 1.54) is 7.11 Å². The second-order valence-electron chi connectivity index (χ2n) is 3.22. The van der Waals surface area contributed by atoms with Gasteiger partial charge in [-0.3, -0.25) is 4.79 Å². The van der Waals surface area contributed by atoms with E-state index in [2.05, 4.69) is 20.3 Å². The fourth-order valence-corrected chi connectivity index (χ4v) is 1.63. The maximum atomic E-state index is 11.2. The molecule has 0 bridgehead atoms. The minimum atomic E-state index is -0.226. The molecule has 1 aromatic heterocycles. The molecule has 76 valence electrons. The summed E-state index contributed by atoms with van der Waals surface area (Å²) in [7, 11) is 1.39. The highest BCUT2D eigenvalue weighted by Gasteiger charge is 2.31. The van der Waals surface area contributed by atoms with Gasteiger partial charge in [0, 0.05) is 6.54 Å². The summed E-state index contributed by atoms with van der Waals surface area (Å²) in [4.78, 5) is 12.8. The van der Waals surface area contributed by atoms with E-state index in [-0.39, 0.29) is 18.1 Å². The maximum Gasteiger partial charge on any atom is 0.322 e. The third kappa shape index (κ3) is 1.60. The lowest BCUT2D eigenvalue weighted by atomic mass is 10.2. The van der Waals surface area contributed by atoms with Crippen LogP contribution >= 0.6 is 0 Å². The summed E-state index contributed by atoms with van der Waals surface area (Å²) in [6.07, 6.45) is 3.94. The fraction of sp³-hybridized carbons (Fsp3) is 0.625. The molecule has 0 spiro atoms. The summed E-state index contributed by atoms with van der Waals surface area (Å²) in [6, 6.07) is -0.0786. The number of aromatic nitrogens is 3. The number of methoxy groups -OCH3 is 1. The summed E-state index contributed by atoms with van der Waals surface area (Å²) in [6.45, 7) is 0.703. The molecule has 1 saturated heterocycles. The second-order valence-corrected chi connectivity index (χ2v) is 3.22. The topological polar surface area (TPSA) is 69.0 Å². The molecule has 1 aromatic rings. The monoisotopic (exact) mass is 196 g/mol. The SMILES string of the molecule is COC(=O)[C@@H]1C[C@@H](n2nccn2)CN1. The van der Waals surface area contributed by atoms with Crippen molar-refractivity contribution in [2.45, 2.75) is 18.5 Å². The summed E-state index contributed by atoms with van der Waals surface area (Å²) < 4.78 is 4.65. The van der Waals surface area contributed by atoms with Crippen molar-refractivity contribution >= 4 is 5.97 Å². The largest absolute Gasteiger partial charge is 0.468 e. The number of ether oxygens (including phenoxy) is 1. The number of esters is 1. The molecule has 1 aliphatic rings. The Balaban J connectivity index is 1.98. The number of carbonyl (C=O) groups is 1. The predicted octanol–water partition coefficient (Wildman–Crippen LogP) is -0.646. The van der Waals surface area contributed by atoms with E-state index < -0.39 is 0 Å². The van der Waals surface area contributed by atoms with Crippen molar-refractivity contribution in [2.24, 2.45) is 0 Å². The van der Waals surface area contributed by atoms with Crippen LogP contribution in [-0.2, 0) is 9.53 Å². The van der Waals surface area contributed by atoms with Gasteiger partial charge in [-0.1, -0.05) is 0 Å². The van der Waals surface area contributed by atoms with Crippen molar-refractivity contribution in [2.75, 3.05) is 13.7 Å². The quantitative estimate of drug-likeness (QED) is 0.637. The van der Waals surface area contributed by atoms with E-state index in [1.807, 2.05) is 0 Å². The zero-order valence-corrected chi connectivity index (χ0v) is 7.88. The highest BCUT2D eigenvalue weighted by Crippen LogP contribution is 2.17. The van der Waals surface area contributed by atoms with E-state index in [9.17, 15) is 4.79 Å². The normalized spacial score (nSPS) is 26.4. The zero-order chi connectivity index (χ0) is 9.97. The number of hydrogen-bond donors (Lipinski definition) is 1. The van der Waals surface area contributed by atoms with Gasteiger partial charge in [-0.25, -0.2) is 0 Å². The second kappa shape index (κ2) is 3.75. The van der Waals surface area contributed by atoms with E-state index >= 15 is 0 Å². The van der Waals surface area contributed by atoms with Crippen LogP contribution in [0.2, 0.25) is 0 Å². The summed E-state index contributed by atoms with van der Waals surface area (Å²) in [5, 5.41) is 11.1. The molecule has 6 nitrogen and oxygen atoms in total. The standard InChI is InChI=1S/C8H12N4O2/c1-14-8(13)7-4-6(5-9-7)12-10-2-3-11-12/h2-3,6-7,9H,4-5H2,1H3/t6-,7+/m1/s1. The number of nitrogens with zero attached hydrogens (tertiary/aromatic N) is 3. The van der Waals surface area contributed by atoms with Gasteiger partial charge in [-0.05, 0) is 6.42 Å². The molecule has 0 radical (unpaired) electrons. The minimum absolute atomic E-state index is 0.147. The Morgan fingerprint density at radius 1 is 1.57 bits per heavy atom. The molecule has 2 rings (SSSR count). The lowest BCUT2D eigenvalue weighted by Gasteiger charge is -2.07. The lowest BCUT2D eigenvalue weighted by molar-refractivity contribution is -0.142. The molecule has 14 heavy (non-hydrogen) atoms. The van der Waals surface area contributed by atoms with Crippen molar-refractivity contribution in [3.05, 3.63) is 12.4 Å². The molecule has 0 amide bonds. The third-order valence-electron chi connectivity index (χ3n) is 2.36. The molecule has 2 heterocycles. The van der Waals surface area contributed by atoms with Crippen LogP contribution in [0, 0.1) is 0 Å². The maximum absolute atomic E-state index is 11.2. The van der Waals surface area contributed by atoms with Crippen molar-refractivity contribution < 1.29 is 9.53 Å².